The van der Waals surface area contributed by atoms with Crippen molar-refractivity contribution in [2.24, 2.45) is 23.7 Å². The number of fused-ring (bicyclic) bond motifs is 5. The maximum Gasteiger partial charge on any atom is 0.226 e. The molecular weight excluding hydrogens is 174 g/mol. The topological polar surface area (TPSA) is 20.3 Å². The average Bonchev–Trinajstić information content (AvgIpc) is 2.75. The summed E-state index contributed by atoms with van der Waals surface area (Å²) in [7, 11) is 0. The maximum absolute atomic E-state index is 12.1. The van der Waals surface area contributed by atoms with Crippen molar-refractivity contribution in [3.63, 3.8) is 0 Å². The minimum absolute atomic E-state index is 0.410. The normalized spacial score (nSPS) is 45.4. The highest BCUT2D eigenvalue weighted by atomic mass is 16.2. The SMILES string of the molecule is CC(C)N1CC2C3CCC(C3)C2C1=O. The molecule has 2 heteroatoms. The van der Waals surface area contributed by atoms with E-state index in [1.54, 1.807) is 0 Å². The lowest BCUT2D eigenvalue weighted by Gasteiger charge is -2.22. The van der Waals surface area contributed by atoms with Gasteiger partial charge in [0.1, 0.15) is 0 Å². The summed E-state index contributed by atoms with van der Waals surface area (Å²) in [5.74, 6) is 3.26. The molecule has 14 heavy (non-hydrogen) atoms. The molecule has 0 spiro atoms. The highest BCUT2D eigenvalue weighted by molar-refractivity contribution is 5.82. The van der Waals surface area contributed by atoms with Crippen LogP contribution in [0.15, 0.2) is 0 Å². The summed E-state index contributed by atoms with van der Waals surface area (Å²) in [5, 5.41) is 0. The summed E-state index contributed by atoms with van der Waals surface area (Å²) in [6, 6.07) is 0.410. The van der Waals surface area contributed by atoms with Crippen LogP contribution >= 0.6 is 0 Å². The van der Waals surface area contributed by atoms with Crippen LogP contribution in [0.5, 0.6) is 0 Å². The summed E-state index contributed by atoms with van der Waals surface area (Å²) < 4.78 is 0. The van der Waals surface area contributed by atoms with Crippen molar-refractivity contribution in [3.8, 4) is 0 Å². The standard InChI is InChI=1S/C12H19NO/c1-7(2)13-6-10-8-3-4-9(5-8)11(10)12(13)14/h7-11H,3-6H2,1-2H3. The molecule has 0 aromatic rings. The second-order valence-electron chi connectivity index (χ2n) is 5.61. The van der Waals surface area contributed by atoms with Crippen molar-refractivity contribution >= 4 is 5.91 Å². The minimum atomic E-state index is 0.410. The summed E-state index contributed by atoms with van der Waals surface area (Å²) in [4.78, 5) is 14.3. The molecule has 3 rings (SSSR count). The molecule has 2 nitrogen and oxygen atoms in total. The first kappa shape index (κ1) is 8.75. The van der Waals surface area contributed by atoms with Crippen LogP contribution in [0.4, 0.5) is 0 Å². The van der Waals surface area contributed by atoms with Crippen molar-refractivity contribution in [1.82, 2.24) is 4.90 Å². The summed E-state index contributed by atoms with van der Waals surface area (Å²) in [5.41, 5.74) is 0. The summed E-state index contributed by atoms with van der Waals surface area (Å²) in [6.07, 6.45) is 4.07. The van der Waals surface area contributed by atoms with Crippen molar-refractivity contribution in [2.45, 2.75) is 39.2 Å². The van der Waals surface area contributed by atoms with Crippen molar-refractivity contribution in [2.75, 3.05) is 6.54 Å². The first-order valence-corrected chi connectivity index (χ1v) is 5.99. The van der Waals surface area contributed by atoms with Gasteiger partial charge in [0, 0.05) is 18.5 Å². The second-order valence-corrected chi connectivity index (χ2v) is 5.61. The fourth-order valence-electron chi connectivity index (χ4n) is 4.03. The molecule has 1 heterocycles. The van der Waals surface area contributed by atoms with Crippen LogP contribution < -0.4 is 0 Å². The third-order valence-electron chi connectivity index (χ3n) is 4.69. The zero-order valence-corrected chi connectivity index (χ0v) is 9.07. The molecular formula is C12H19NO. The number of hydrogen-bond donors (Lipinski definition) is 0. The quantitative estimate of drug-likeness (QED) is 0.623. The number of carbonyl (C=O) groups is 1. The largest absolute Gasteiger partial charge is 0.340 e. The van der Waals surface area contributed by atoms with E-state index in [1.807, 2.05) is 0 Å². The highest BCUT2D eigenvalue weighted by Gasteiger charge is 2.56. The minimum Gasteiger partial charge on any atom is -0.340 e. The molecule has 78 valence electrons. The van der Waals surface area contributed by atoms with E-state index in [0.717, 1.165) is 24.3 Å². The van der Waals surface area contributed by atoms with Gasteiger partial charge in [-0.25, -0.2) is 0 Å². The van der Waals surface area contributed by atoms with E-state index in [4.69, 9.17) is 0 Å². The molecule has 2 bridgehead atoms. The molecule has 0 aromatic heterocycles. The van der Waals surface area contributed by atoms with Gasteiger partial charge < -0.3 is 4.90 Å². The van der Waals surface area contributed by atoms with E-state index in [0.29, 0.717) is 17.9 Å². The number of hydrogen-bond acceptors (Lipinski definition) is 1. The predicted octanol–water partition coefficient (Wildman–Crippen LogP) is 1.90. The van der Waals surface area contributed by atoms with Gasteiger partial charge in [-0.1, -0.05) is 0 Å². The van der Waals surface area contributed by atoms with Crippen LogP contribution in [-0.2, 0) is 4.79 Å². The molecule has 2 aliphatic carbocycles. The molecule has 1 amide bonds. The van der Waals surface area contributed by atoms with Gasteiger partial charge in [-0.15, -0.1) is 0 Å². The van der Waals surface area contributed by atoms with E-state index < -0.39 is 0 Å². The summed E-state index contributed by atoms with van der Waals surface area (Å²) in [6.45, 7) is 5.34. The number of nitrogens with zero attached hydrogens (tertiary/aromatic N) is 1. The number of likely N-dealkylation sites (tertiary alicyclic amines) is 1. The first-order chi connectivity index (χ1) is 6.68. The third-order valence-corrected chi connectivity index (χ3v) is 4.69. The van der Waals surface area contributed by atoms with Gasteiger partial charge >= 0.3 is 0 Å². The van der Waals surface area contributed by atoms with Crippen molar-refractivity contribution < 1.29 is 4.79 Å². The number of carbonyl (C=O) groups excluding carboxylic acids is 1. The Morgan fingerprint density at radius 3 is 2.64 bits per heavy atom. The molecule has 0 N–H and O–H groups in total. The molecule has 4 unspecified atom stereocenters. The maximum atomic E-state index is 12.1. The van der Waals surface area contributed by atoms with Crippen molar-refractivity contribution in [3.05, 3.63) is 0 Å². The van der Waals surface area contributed by atoms with Crippen LogP contribution in [0.3, 0.4) is 0 Å². The van der Waals surface area contributed by atoms with E-state index in [2.05, 4.69) is 18.7 Å². The van der Waals surface area contributed by atoms with Gasteiger partial charge in [0.15, 0.2) is 0 Å². The van der Waals surface area contributed by atoms with E-state index >= 15 is 0 Å². The van der Waals surface area contributed by atoms with Crippen LogP contribution in [0.2, 0.25) is 0 Å². The van der Waals surface area contributed by atoms with Crippen LogP contribution in [0, 0.1) is 23.7 Å². The number of rotatable bonds is 1. The highest BCUT2D eigenvalue weighted by Crippen LogP contribution is 2.55. The van der Waals surface area contributed by atoms with Crippen LogP contribution in [0.1, 0.15) is 33.1 Å². The Bertz CT molecular complexity index is 273. The van der Waals surface area contributed by atoms with Gasteiger partial charge in [0.25, 0.3) is 0 Å². The van der Waals surface area contributed by atoms with Crippen LogP contribution in [-0.4, -0.2) is 23.4 Å². The zero-order valence-electron chi connectivity index (χ0n) is 9.07. The average molecular weight is 193 g/mol. The van der Waals surface area contributed by atoms with Gasteiger partial charge in [-0.05, 0) is 50.9 Å². The Balaban J connectivity index is 1.86. The van der Waals surface area contributed by atoms with Gasteiger partial charge in [-0.2, -0.15) is 0 Å². The fourth-order valence-corrected chi connectivity index (χ4v) is 4.03. The molecule has 2 saturated carbocycles. The molecule has 3 fully saturated rings. The molecule has 3 aliphatic rings. The Kier molecular flexibility index (Phi) is 1.71. The lowest BCUT2D eigenvalue weighted by molar-refractivity contribution is -0.133. The van der Waals surface area contributed by atoms with Crippen LogP contribution in [0.25, 0.3) is 0 Å². The third kappa shape index (κ3) is 0.945. The molecule has 1 saturated heterocycles. The molecule has 1 aliphatic heterocycles. The summed E-state index contributed by atoms with van der Waals surface area (Å²) >= 11 is 0. The van der Waals surface area contributed by atoms with Crippen molar-refractivity contribution in [1.29, 1.82) is 0 Å². The second kappa shape index (κ2) is 2.74. The fraction of sp³-hybridized carbons (Fsp3) is 0.917. The Labute approximate surface area is 85.7 Å². The van der Waals surface area contributed by atoms with E-state index in [-0.39, 0.29) is 0 Å². The molecule has 0 radical (unpaired) electrons. The monoisotopic (exact) mass is 193 g/mol. The Morgan fingerprint density at radius 1 is 1.29 bits per heavy atom. The zero-order chi connectivity index (χ0) is 9.87. The van der Waals surface area contributed by atoms with E-state index in [1.165, 1.54) is 19.3 Å². The van der Waals surface area contributed by atoms with Gasteiger partial charge in [0.05, 0.1) is 0 Å². The Hall–Kier alpha value is -0.530. The molecule has 4 atom stereocenters. The van der Waals surface area contributed by atoms with E-state index in [9.17, 15) is 4.79 Å². The lowest BCUT2D eigenvalue weighted by Crippen LogP contribution is -2.34. The lowest BCUT2D eigenvalue weighted by atomic mass is 9.81. The smallest absolute Gasteiger partial charge is 0.226 e. The first-order valence-electron chi connectivity index (χ1n) is 5.99. The van der Waals surface area contributed by atoms with Gasteiger partial charge in [-0.3, -0.25) is 4.79 Å². The predicted molar refractivity (Wildman–Crippen MR) is 54.7 cm³/mol. The molecule has 0 aromatic carbocycles. The van der Waals surface area contributed by atoms with Gasteiger partial charge in [0.2, 0.25) is 5.91 Å². The Morgan fingerprint density at radius 2 is 2.00 bits per heavy atom. The number of amides is 1.